The van der Waals surface area contributed by atoms with Crippen LogP contribution in [0.3, 0.4) is 0 Å². The van der Waals surface area contributed by atoms with E-state index in [-0.39, 0.29) is 0 Å². The molecule has 0 aliphatic carbocycles. The zero-order valence-electron chi connectivity index (χ0n) is 8.19. The number of fused-ring (bicyclic) bond motifs is 1. The minimum Gasteiger partial charge on any atom is -0.360 e. The van der Waals surface area contributed by atoms with E-state index in [9.17, 15) is 0 Å². The zero-order chi connectivity index (χ0) is 10.8. The Balaban J connectivity index is 2.53. The Hall–Kier alpha value is -0.700. The molecule has 1 aromatic heterocycles. The minimum absolute atomic E-state index is 0.685. The molecule has 2 nitrogen and oxygen atoms in total. The summed E-state index contributed by atoms with van der Waals surface area (Å²) in [5, 5.41) is 2.47. The average molecular weight is 243 g/mol. The number of nitrogens with one attached hydrogen (secondary N) is 1. The number of benzene rings is 1. The van der Waals surface area contributed by atoms with Crippen molar-refractivity contribution in [3.8, 4) is 0 Å². The normalized spacial score (nSPS) is 11.1. The highest BCUT2D eigenvalue weighted by atomic mass is 35.5. The van der Waals surface area contributed by atoms with Crippen molar-refractivity contribution in [1.82, 2.24) is 4.98 Å². The molecule has 15 heavy (non-hydrogen) atoms. The highest BCUT2D eigenvalue weighted by molar-refractivity contribution is 6.40. The van der Waals surface area contributed by atoms with Crippen LogP contribution in [0.4, 0.5) is 0 Å². The first-order valence-electron chi connectivity index (χ1n) is 4.88. The van der Waals surface area contributed by atoms with Gasteiger partial charge in [0.25, 0.3) is 0 Å². The molecular weight excluding hydrogens is 231 g/mol. The molecule has 0 fully saturated rings. The smallest absolute Gasteiger partial charge is 0.0661 e. The number of aromatic amines is 1. The number of rotatable bonds is 3. The number of hydrogen-bond acceptors (Lipinski definition) is 1. The Labute approximate surface area is 98.4 Å². The van der Waals surface area contributed by atoms with Gasteiger partial charge in [0.15, 0.2) is 0 Å². The van der Waals surface area contributed by atoms with Crippen LogP contribution in [-0.2, 0) is 6.42 Å². The van der Waals surface area contributed by atoms with E-state index in [4.69, 9.17) is 28.9 Å². The van der Waals surface area contributed by atoms with E-state index in [0.717, 1.165) is 28.8 Å². The lowest BCUT2D eigenvalue weighted by molar-refractivity contribution is 0.837. The van der Waals surface area contributed by atoms with Crippen LogP contribution in [0.1, 0.15) is 12.0 Å². The van der Waals surface area contributed by atoms with Gasteiger partial charge in [-0.2, -0.15) is 0 Å². The molecule has 0 spiro atoms. The molecule has 0 aliphatic heterocycles. The van der Waals surface area contributed by atoms with Crippen LogP contribution in [0.25, 0.3) is 10.9 Å². The largest absolute Gasteiger partial charge is 0.360 e. The zero-order valence-corrected chi connectivity index (χ0v) is 9.70. The number of aryl methyl sites for hydroxylation is 1. The lowest BCUT2D eigenvalue weighted by Gasteiger charge is -2.00. The molecule has 0 unspecified atom stereocenters. The van der Waals surface area contributed by atoms with Gasteiger partial charge >= 0.3 is 0 Å². The third-order valence-electron chi connectivity index (χ3n) is 2.47. The van der Waals surface area contributed by atoms with Gasteiger partial charge in [-0.1, -0.05) is 23.2 Å². The third kappa shape index (κ3) is 1.98. The predicted molar refractivity (Wildman–Crippen MR) is 65.7 cm³/mol. The van der Waals surface area contributed by atoms with E-state index < -0.39 is 0 Å². The molecule has 1 heterocycles. The van der Waals surface area contributed by atoms with Crippen molar-refractivity contribution >= 4 is 34.1 Å². The van der Waals surface area contributed by atoms with Crippen LogP contribution >= 0.6 is 23.2 Å². The molecule has 0 radical (unpaired) electrons. The second-order valence-electron chi connectivity index (χ2n) is 3.49. The van der Waals surface area contributed by atoms with Crippen molar-refractivity contribution in [1.29, 1.82) is 0 Å². The van der Waals surface area contributed by atoms with Gasteiger partial charge in [0.05, 0.1) is 15.6 Å². The van der Waals surface area contributed by atoms with Crippen molar-refractivity contribution in [3.05, 3.63) is 33.9 Å². The summed E-state index contributed by atoms with van der Waals surface area (Å²) in [6.45, 7) is 0.685. The van der Waals surface area contributed by atoms with Gasteiger partial charge in [-0.15, -0.1) is 0 Å². The summed E-state index contributed by atoms with van der Waals surface area (Å²) in [6, 6.07) is 3.63. The van der Waals surface area contributed by atoms with E-state index in [1.807, 2.05) is 12.3 Å². The van der Waals surface area contributed by atoms with Gasteiger partial charge in [0.2, 0.25) is 0 Å². The molecule has 2 rings (SSSR count). The summed E-state index contributed by atoms with van der Waals surface area (Å²) in [4.78, 5) is 3.15. The lowest BCUT2D eigenvalue weighted by atomic mass is 10.1. The molecule has 0 saturated carbocycles. The Morgan fingerprint density at radius 2 is 1.93 bits per heavy atom. The van der Waals surface area contributed by atoms with Crippen molar-refractivity contribution < 1.29 is 0 Å². The molecule has 1 aromatic carbocycles. The fourth-order valence-corrected chi connectivity index (χ4v) is 2.22. The van der Waals surface area contributed by atoms with Gasteiger partial charge in [-0.05, 0) is 37.1 Å². The van der Waals surface area contributed by atoms with Crippen LogP contribution in [0.5, 0.6) is 0 Å². The van der Waals surface area contributed by atoms with Crippen molar-refractivity contribution in [2.45, 2.75) is 12.8 Å². The SMILES string of the molecule is NCCCc1c[nH]c2c(Cl)ccc(Cl)c12. The van der Waals surface area contributed by atoms with E-state index in [1.165, 1.54) is 5.56 Å². The Kier molecular flexibility index (Phi) is 3.19. The summed E-state index contributed by atoms with van der Waals surface area (Å²) >= 11 is 12.2. The maximum Gasteiger partial charge on any atom is 0.0661 e. The summed E-state index contributed by atoms with van der Waals surface area (Å²) in [6.07, 6.45) is 3.84. The first-order chi connectivity index (χ1) is 7.24. The Bertz CT molecular complexity index is 477. The van der Waals surface area contributed by atoms with Gasteiger partial charge in [-0.3, -0.25) is 0 Å². The van der Waals surface area contributed by atoms with Gasteiger partial charge in [0, 0.05) is 11.6 Å². The second kappa shape index (κ2) is 4.44. The summed E-state index contributed by atoms with van der Waals surface area (Å²) in [5.41, 5.74) is 7.58. The van der Waals surface area contributed by atoms with E-state index >= 15 is 0 Å². The number of halogens is 2. The van der Waals surface area contributed by atoms with Crippen molar-refractivity contribution in [2.75, 3.05) is 6.54 Å². The summed E-state index contributed by atoms with van der Waals surface area (Å²) < 4.78 is 0. The van der Waals surface area contributed by atoms with Gasteiger partial charge in [0.1, 0.15) is 0 Å². The molecular formula is C11H12Cl2N2. The molecule has 0 bridgehead atoms. The highest BCUT2D eigenvalue weighted by Crippen LogP contribution is 2.32. The maximum atomic E-state index is 6.14. The molecule has 4 heteroatoms. The van der Waals surface area contributed by atoms with E-state index in [0.29, 0.717) is 11.6 Å². The topological polar surface area (TPSA) is 41.8 Å². The summed E-state index contributed by atoms with van der Waals surface area (Å²) in [7, 11) is 0. The van der Waals surface area contributed by atoms with Crippen LogP contribution in [-0.4, -0.2) is 11.5 Å². The van der Waals surface area contributed by atoms with E-state index in [1.54, 1.807) is 6.07 Å². The van der Waals surface area contributed by atoms with Crippen molar-refractivity contribution in [2.24, 2.45) is 5.73 Å². The molecule has 3 N–H and O–H groups in total. The number of H-pyrrole nitrogens is 1. The molecule has 80 valence electrons. The molecule has 0 atom stereocenters. The average Bonchev–Trinajstić information content (AvgIpc) is 2.65. The van der Waals surface area contributed by atoms with Crippen LogP contribution in [0.15, 0.2) is 18.3 Å². The number of aromatic nitrogens is 1. The predicted octanol–water partition coefficient (Wildman–Crippen LogP) is 3.37. The molecule has 2 aromatic rings. The van der Waals surface area contributed by atoms with Crippen LogP contribution in [0, 0.1) is 0 Å². The van der Waals surface area contributed by atoms with Gasteiger partial charge < -0.3 is 10.7 Å². The maximum absolute atomic E-state index is 6.14. The minimum atomic E-state index is 0.685. The standard InChI is InChI=1S/C11H12Cl2N2/c12-8-3-4-9(13)11-10(8)7(6-15-11)2-1-5-14/h3-4,6,15H,1-2,5,14H2. The van der Waals surface area contributed by atoms with E-state index in [2.05, 4.69) is 4.98 Å². The van der Waals surface area contributed by atoms with Crippen LogP contribution in [0.2, 0.25) is 10.0 Å². The highest BCUT2D eigenvalue weighted by Gasteiger charge is 2.09. The lowest BCUT2D eigenvalue weighted by Crippen LogP contribution is -1.99. The quantitative estimate of drug-likeness (QED) is 0.852. The number of hydrogen-bond donors (Lipinski definition) is 2. The third-order valence-corrected chi connectivity index (χ3v) is 3.10. The van der Waals surface area contributed by atoms with Crippen LogP contribution < -0.4 is 5.73 Å². The van der Waals surface area contributed by atoms with Gasteiger partial charge in [-0.25, -0.2) is 0 Å². The molecule has 0 saturated heterocycles. The Morgan fingerprint density at radius 1 is 1.20 bits per heavy atom. The Morgan fingerprint density at radius 3 is 2.67 bits per heavy atom. The fourth-order valence-electron chi connectivity index (χ4n) is 1.73. The fraction of sp³-hybridized carbons (Fsp3) is 0.273. The van der Waals surface area contributed by atoms with Crippen molar-refractivity contribution in [3.63, 3.8) is 0 Å². The molecule has 0 amide bonds. The monoisotopic (exact) mass is 242 g/mol. The molecule has 0 aliphatic rings. The first-order valence-corrected chi connectivity index (χ1v) is 5.63. The first kappa shape index (κ1) is 10.8. The summed E-state index contributed by atoms with van der Waals surface area (Å²) in [5.74, 6) is 0. The number of nitrogens with two attached hydrogens (primary N) is 1. The second-order valence-corrected chi connectivity index (χ2v) is 4.30.